The average Bonchev–Trinajstić information content (AvgIpc) is 2.01. The van der Waals surface area contributed by atoms with Crippen molar-refractivity contribution in [3.63, 3.8) is 0 Å². The highest BCUT2D eigenvalue weighted by Gasteiger charge is 2.17. The molecule has 0 radical (unpaired) electrons. The van der Waals surface area contributed by atoms with E-state index in [2.05, 4.69) is 0 Å². The van der Waals surface area contributed by atoms with E-state index in [1.54, 1.807) is 12.1 Å². The molecule has 3 heteroatoms. The van der Waals surface area contributed by atoms with E-state index in [4.69, 9.17) is 11.6 Å². The summed E-state index contributed by atoms with van der Waals surface area (Å²) in [5, 5.41) is 0.146. The number of hydrogen-bond acceptors (Lipinski definition) is 0. The highest BCUT2D eigenvalue weighted by atomic mass is 35.5. The van der Waals surface area contributed by atoms with Gasteiger partial charge in [0.25, 0.3) is 6.43 Å². The van der Waals surface area contributed by atoms with Gasteiger partial charge in [0, 0.05) is 10.6 Å². The van der Waals surface area contributed by atoms with Crippen molar-refractivity contribution in [3.05, 3.63) is 34.3 Å². The molecule has 0 unspecified atom stereocenters. The van der Waals surface area contributed by atoms with Gasteiger partial charge in [-0.3, -0.25) is 0 Å². The Hall–Kier alpha value is -0.630. The van der Waals surface area contributed by atoms with Crippen LogP contribution in [-0.2, 0) is 5.41 Å². The van der Waals surface area contributed by atoms with Crippen LogP contribution in [0.1, 0.15) is 38.3 Å². The van der Waals surface area contributed by atoms with Crippen molar-refractivity contribution in [2.75, 3.05) is 0 Å². The Kier molecular flexibility index (Phi) is 3.15. The van der Waals surface area contributed by atoms with Crippen LogP contribution in [-0.4, -0.2) is 0 Å². The lowest BCUT2D eigenvalue weighted by Gasteiger charge is -2.19. The molecule has 1 rings (SSSR count). The normalized spacial score (nSPS) is 12.2. The smallest absolute Gasteiger partial charge is 0.205 e. The van der Waals surface area contributed by atoms with Gasteiger partial charge in [-0.1, -0.05) is 44.5 Å². The van der Waals surface area contributed by atoms with E-state index in [9.17, 15) is 8.78 Å². The first kappa shape index (κ1) is 11.4. The summed E-state index contributed by atoms with van der Waals surface area (Å²) in [4.78, 5) is 0. The van der Waals surface area contributed by atoms with Gasteiger partial charge in [0.05, 0.1) is 0 Å². The van der Waals surface area contributed by atoms with E-state index in [0.29, 0.717) is 0 Å². The van der Waals surface area contributed by atoms with E-state index in [-0.39, 0.29) is 16.0 Å². The van der Waals surface area contributed by atoms with E-state index in [0.717, 1.165) is 5.56 Å². The van der Waals surface area contributed by atoms with Gasteiger partial charge >= 0.3 is 0 Å². The molecule has 0 saturated heterocycles. The predicted octanol–water partition coefficient (Wildman–Crippen LogP) is 4.58. The van der Waals surface area contributed by atoms with Crippen LogP contribution in [0, 0.1) is 0 Å². The van der Waals surface area contributed by atoms with E-state index >= 15 is 0 Å². The summed E-state index contributed by atoms with van der Waals surface area (Å²) in [6, 6.07) is 4.71. The molecular formula is C11H13ClF2. The third-order valence-electron chi connectivity index (χ3n) is 2.10. The highest BCUT2D eigenvalue weighted by molar-refractivity contribution is 6.31. The average molecular weight is 219 g/mol. The maximum Gasteiger partial charge on any atom is 0.265 e. The van der Waals surface area contributed by atoms with Crippen molar-refractivity contribution in [3.8, 4) is 0 Å². The number of rotatable bonds is 1. The molecule has 0 amide bonds. The van der Waals surface area contributed by atoms with Crippen molar-refractivity contribution in [2.24, 2.45) is 0 Å². The van der Waals surface area contributed by atoms with Gasteiger partial charge in [-0.15, -0.1) is 0 Å². The lowest BCUT2D eigenvalue weighted by Crippen LogP contribution is -2.11. The zero-order valence-corrected chi connectivity index (χ0v) is 9.20. The zero-order valence-electron chi connectivity index (χ0n) is 8.44. The first-order valence-corrected chi connectivity index (χ1v) is 4.78. The van der Waals surface area contributed by atoms with Crippen LogP contribution in [0.25, 0.3) is 0 Å². The summed E-state index contributed by atoms with van der Waals surface area (Å²) in [5.74, 6) is 0. The molecule has 0 aliphatic rings. The number of halogens is 3. The lowest BCUT2D eigenvalue weighted by molar-refractivity contribution is 0.151. The summed E-state index contributed by atoms with van der Waals surface area (Å²) >= 11 is 5.75. The van der Waals surface area contributed by atoms with Gasteiger partial charge in [0.15, 0.2) is 0 Å². The van der Waals surface area contributed by atoms with Gasteiger partial charge < -0.3 is 0 Å². The van der Waals surface area contributed by atoms with Gasteiger partial charge in [0.2, 0.25) is 0 Å². The van der Waals surface area contributed by atoms with Gasteiger partial charge in [-0.2, -0.15) is 0 Å². The first-order chi connectivity index (χ1) is 6.32. The van der Waals surface area contributed by atoms with Crippen LogP contribution in [0.4, 0.5) is 8.78 Å². The molecule has 78 valence electrons. The Morgan fingerprint density at radius 1 is 1.21 bits per heavy atom. The molecule has 0 saturated carbocycles. The largest absolute Gasteiger partial charge is 0.265 e. The van der Waals surface area contributed by atoms with Crippen LogP contribution in [0.5, 0.6) is 0 Å². The van der Waals surface area contributed by atoms with E-state index in [1.165, 1.54) is 6.07 Å². The Morgan fingerprint density at radius 2 is 1.79 bits per heavy atom. The van der Waals surface area contributed by atoms with E-state index < -0.39 is 6.43 Å². The molecular weight excluding hydrogens is 206 g/mol. The summed E-state index contributed by atoms with van der Waals surface area (Å²) in [7, 11) is 0. The Labute approximate surface area is 87.9 Å². The molecule has 0 N–H and O–H groups in total. The molecule has 0 atom stereocenters. The number of benzene rings is 1. The first-order valence-electron chi connectivity index (χ1n) is 4.40. The minimum atomic E-state index is -2.50. The highest BCUT2D eigenvalue weighted by Crippen LogP contribution is 2.31. The van der Waals surface area contributed by atoms with Crippen LogP contribution in [0.3, 0.4) is 0 Å². The molecule has 1 aromatic rings. The summed E-state index contributed by atoms with van der Waals surface area (Å²) in [6.45, 7) is 6.04. The Morgan fingerprint density at radius 3 is 2.14 bits per heavy atom. The van der Waals surface area contributed by atoms with Crippen LogP contribution < -0.4 is 0 Å². The van der Waals surface area contributed by atoms with Gasteiger partial charge in [-0.05, 0) is 17.0 Å². The summed E-state index contributed by atoms with van der Waals surface area (Å²) in [6.07, 6.45) is -2.50. The second-order valence-corrected chi connectivity index (χ2v) is 4.69. The molecule has 0 spiro atoms. The minimum absolute atomic E-state index is 0.0652. The van der Waals surface area contributed by atoms with E-state index in [1.807, 2.05) is 20.8 Å². The standard InChI is InChI=1S/C11H13ClF2/c1-11(2,3)7-4-5-8(10(13)14)9(12)6-7/h4-6,10H,1-3H3. The number of alkyl halides is 2. The maximum atomic E-state index is 12.4. The minimum Gasteiger partial charge on any atom is -0.205 e. The Balaban J connectivity index is 3.13. The third kappa shape index (κ3) is 2.44. The molecule has 0 aliphatic heterocycles. The Bertz CT molecular complexity index is 327. The topological polar surface area (TPSA) is 0 Å². The monoisotopic (exact) mass is 218 g/mol. The quantitative estimate of drug-likeness (QED) is 0.648. The summed E-state index contributed by atoms with van der Waals surface area (Å²) < 4.78 is 24.7. The molecule has 0 fully saturated rings. The van der Waals surface area contributed by atoms with Gasteiger partial charge in [-0.25, -0.2) is 8.78 Å². The van der Waals surface area contributed by atoms with Crippen molar-refractivity contribution in [1.82, 2.24) is 0 Å². The SMILES string of the molecule is CC(C)(C)c1ccc(C(F)F)c(Cl)c1. The fourth-order valence-corrected chi connectivity index (χ4v) is 1.43. The lowest BCUT2D eigenvalue weighted by atomic mass is 9.87. The molecule has 0 bridgehead atoms. The van der Waals surface area contributed by atoms with Crippen LogP contribution in [0.2, 0.25) is 5.02 Å². The zero-order chi connectivity index (χ0) is 10.9. The fraction of sp³-hybridized carbons (Fsp3) is 0.455. The van der Waals surface area contributed by atoms with Crippen molar-refractivity contribution in [1.29, 1.82) is 0 Å². The molecule has 0 aromatic heterocycles. The van der Waals surface area contributed by atoms with Crippen LogP contribution >= 0.6 is 11.6 Å². The second kappa shape index (κ2) is 3.85. The molecule has 0 nitrogen and oxygen atoms in total. The van der Waals surface area contributed by atoms with Crippen LogP contribution in [0.15, 0.2) is 18.2 Å². The van der Waals surface area contributed by atoms with Crippen molar-refractivity contribution < 1.29 is 8.78 Å². The molecule has 0 heterocycles. The fourth-order valence-electron chi connectivity index (χ4n) is 1.17. The number of hydrogen-bond donors (Lipinski definition) is 0. The molecule has 0 aliphatic carbocycles. The van der Waals surface area contributed by atoms with Crippen molar-refractivity contribution >= 4 is 11.6 Å². The van der Waals surface area contributed by atoms with Crippen molar-refractivity contribution in [2.45, 2.75) is 32.6 Å². The van der Waals surface area contributed by atoms with Gasteiger partial charge in [0.1, 0.15) is 0 Å². The third-order valence-corrected chi connectivity index (χ3v) is 2.43. The summed E-state index contributed by atoms with van der Waals surface area (Å²) in [5.41, 5.74) is 0.802. The second-order valence-electron chi connectivity index (χ2n) is 4.29. The molecule has 14 heavy (non-hydrogen) atoms. The predicted molar refractivity (Wildman–Crippen MR) is 55.1 cm³/mol. The maximum absolute atomic E-state index is 12.4. The molecule has 1 aromatic carbocycles.